The van der Waals surface area contributed by atoms with Crippen molar-refractivity contribution in [1.29, 1.82) is 10.8 Å². The first-order chi connectivity index (χ1) is 12.5. The zero-order valence-electron chi connectivity index (χ0n) is 15.1. The topological polar surface area (TPSA) is 101 Å². The molecule has 1 aliphatic carbocycles. The quantitative estimate of drug-likeness (QED) is 0.556. The average molecular weight is 350 g/mol. The molecule has 2 atom stereocenters. The predicted molar refractivity (Wildman–Crippen MR) is 97.1 cm³/mol. The van der Waals surface area contributed by atoms with Crippen LogP contribution < -0.4 is 5.49 Å². The van der Waals surface area contributed by atoms with Gasteiger partial charge in [0.05, 0.1) is 17.6 Å². The summed E-state index contributed by atoms with van der Waals surface area (Å²) in [5.41, 5.74) is 4.19. The minimum atomic E-state index is 0.197. The number of hydrogen-bond acceptors (Lipinski definition) is 5. The molecule has 2 unspecified atom stereocenters. The Hall–Kier alpha value is -3.03. The lowest BCUT2D eigenvalue weighted by molar-refractivity contribution is 0.649. The maximum atomic E-state index is 7.90. The van der Waals surface area contributed by atoms with Crippen LogP contribution in [-0.2, 0) is 13.6 Å². The molecule has 8 heteroatoms. The Morgan fingerprint density at radius 3 is 2.73 bits per heavy atom. The van der Waals surface area contributed by atoms with Crippen LogP contribution in [0.4, 0.5) is 0 Å². The third-order valence-corrected chi connectivity index (χ3v) is 4.84. The highest BCUT2D eigenvalue weighted by atomic mass is 15.3. The number of nitrogens with zero attached hydrogens (tertiary/aromatic N) is 6. The molecule has 0 aromatic carbocycles. The Balaban J connectivity index is 1.68. The highest BCUT2D eigenvalue weighted by Crippen LogP contribution is 2.54. The fraction of sp³-hybridized carbons (Fsp3) is 0.389. The average Bonchev–Trinajstić information content (AvgIpc) is 3.10. The predicted octanol–water partition coefficient (Wildman–Crippen LogP) is 2.10. The van der Waals surface area contributed by atoms with Gasteiger partial charge in [-0.2, -0.15) is 15.3 Å². The van der Waals surface area contributed by atoms with Crippen LogP contribution in [0.1, 0.15) is 43.4 Å². The number of hydrogen-bond donors (Lipinski definition) is 2. The molecule has 3 aromatic rings. The van der Waals surface area contributed by atoms with Crippen LogP contribution in [0.15, 0.2) is 30.6 Å². The van der Waals surface area contributed by atoms with Gasteiger partial charge in [-0.05, 0) is 49.9 Å². The molecular weight excluding hydrogens is 328 g/mol. The van der Waals surface area contributed by atoms with Gasteiger partial charge in [0.25, 0.3) is 0 Å². The van der Waals surface area contributed by atoms with E-state index in [0.717, 1.165) is 30.0 Å². The summed E-state index contributed by atoms with van der Waals surface area (Å²) in [5.74, 6) is 1.12. The normalized spacial score (nSPS) is 18.9. The molecule has 134 valence electrons. The van der Waals surface area contributed by atoms with Crippen molar-refractivity contribution in [2.24, 2.45) is 7.05 Å². The number of rotatable bonds is 4. The largest absolute Gasteiger partial charge is 0.287 e. The van der Waals surface area contributed by atoms with Gasteiger partial charge >= 0.3 is 0 Å². The van der Waals surface area contributed by atoms with Gasteiger partial charge in [0.2, 0.25) is 0 Å². The lowest BCUT2D eigenvalue weighted by Gasteiger charge is -2.07. The van der Waals surface area contributed by atoms with E-state index in [0.29, 0.717) is 11.8 Å². The molecule has 0 radical (unpaired) electrons. The SMILES string of the molecule is CCn1nc(C2CC2c2cnn(C)c2)cc1-c1ccc(=N)n(C(C)=N)n1. The maximum absolute atomic E-state index is 7.90. The monoisotopic (exact) mass is 350 g/mol. The summed E-state index contributed by atoms with van der Waals surface area (Å²) in [5, 5.41) is 29.2. The van der Waals surface area contributed by atoms with Gasteiger partial charge in [-0.15, -0.1) is 0 Å². The molecule has 0 saturated heterocycles. The highest BCUT2D eigenvalue weighted by molar-refractivity contribution is 5.77. The van der Waals surface area contributed by atoms with E-state index in [4.69, 9.17) is 15.9 Å². The van der Waals surface area contributed by atoms with Gasteiger partial charge in [0, 0.05) is 25.7 Å². The molecule has 4 rings (SSSR count). The molecule has 0 spiro atoms. The minimum Gasteiger partial charge on any atom is -0.287 e. The second-order valence-electron chi connectivity index (χ2n) is 6.77. The minimum absolute atomic E-state index is 0.197. The van der Waals surface area contributed by atoms with Gasteiger partial charge in [-0.25, -0.2) is 4.68 Å². The van der Waals surface area contributed by atoms with Crippen molar-refractivity contribution in [3.8, 4) is 11.4 Å². The van der Waals surface area contributed by atoms with E-state index in [2.05, 4.69) is 29.4 Å². The summed E-state index contributed by atoms with van der Waals surface area (Å²) < 4.78 is 5.12. The first kappa shape index (κ1) is 16.4. The molecule has 1 fully saturated rings. The molecule has 3 heterocycles. The van der Waals surface area contributed by atoms with Crippen molar-refractivity contribution < 1.29 is 0 Å². The van der Waals surface area contributed by atoms with Crippen LogP contribution >= 0.6 is 0 Å². The van der Waals surface area contributed by atoms with Crippen molar-refractivity contribution in [2.45, 2.75) is 38.6 Å². The molecule has 26 heavy (non-hydrogen) atoms. The molecule has 2 N–H and O–H groups in total. The van der Waals surface area contributed by atoms with Crippen LogP contribution in [0, 0.1) is 10.8 Å². The van der Waals surface area contributed by atoms with Crippen molar-refractivity contribution in [1.82, 2.24) is 29.3 Å². The van der Waals surface area contributed by atoms with E-state index in [1.54, 1.807) is 13.0 Å². The van der Waals surface area contributed by atoms with Crippen LogP contribution in [0.3, 0.4) is 0 Å². The van der Waals surface area contributed by atoms with Crippen LogP contribution in [0.2, 0.25) is 0 Å². The lowest BCUT2D eigenvalue weighted by Crippen LogP contribution is -2.27. The third kappa shape index (κ3) is 2.77. The fourth-order valence-corrected chi connectivity index (χ4v) is 3.40. The summed E-state index contributed by atoms with van der Waals surface area (Å²) in [6.07, 6.45) is 5.10. The first-order valence-corrected chi connectivity index (χ1v) is 8.75. The van der Waals surface area contributed by atoms with Crippen molar-refractivity contribution in [3.05, 3.63) is 47.3 Å². The standard InChI is InChI=1S/C18H22N8/c1-4-25-17(15-5-6-18(20)26(23-15)11(2)19)8-16(22-25)14-7-13(14)12-9-21-24(3)10-12/h5-6,8-10,13-14,19-20H,4,7H2,1-3H3. The van der Waals surface area contributed by atoms with Crippen molar-refractivity contribution in [3.63, 3.8) is 0 Å². The van der Waals surface area contributed by atoms with Gasteiger partial charge in [0.1, 0.15) is 17.0 Å². The summed E-state index contributed by atoms with van der Waals surface area (Å²) in [7, 11) is 1.94. The summed E-state index contributed by atoms with van der Waals surface area (Å²) >= 11 is 0. The van der Waals surface area contributed by atoms with Gasteiger partial charge < -0.3 is 0 Å². The first-order valence-electron chi connectivity index (χ1n) is 8.75. The summed E-state index contributed by atoms with van der Waals surface area (Å²) in [6.45, 7) is 4.42. The Labute approximate surface area is 151 Å². The fourth-order valence-electron chi connectivity index (χ4n) is 3.40. The number of aryl methyl sites for hydroxylation is 2. The third-order valence-electron chi connectivity index (χ3n) is 4.84. The van der Waals surface area contributed by atoms with E-state index in [9.17, 15) is 0 Å². The highest BCUT2D eigenvalue weighted by Gasteiger charge is 2.42. The molecule has 0 aliphatic heterocycles. The Morgan fingerprint density at radius 2 is 2.08 bits per heavy atom. The van der Waals surface area contributed by atoms with Crippen molar-refractivity contribution in [2.75, 3.05) is 0 Å². The van der Waals surface area contributed by atoms with Crippen LogP contribution in [0.5, 0.6) is 0 Å². The van der Waals surface area contributed by atoms with Gasteiger partial charge in [0.15, 0.2) is 0 Å². The van der Waals surface area contributed by atoms with E-state index in [1.165, 1.54) is 10.2 Å². The summed E-state index contributed by atoms with van der Waals surface area (Å²) in [4.78, 5) is 0. The van der Waals surface area contributed by atoms with E-state index >= 15 is 0 Å². The van der Waals surface area contributed by atoms with Gasteiger partial charge in [-0.1, -0.05) is 0 Å². The Bertz CT molecular complexity index is 1040. The second-order valence-corrected chi connectivity index (χ2v) is 6.77. The van der Waals surface area contributed by atoms with E-state index in [1.807, 2.05) is 28.7 Å². The van der Waals surface area contributed by atoms with Crippen LogP contribution in [-0.4, -0.2) is 35.2 Å². The van der Waals surface area contributed by atoms with E-state index < -0.39 is 0 Å². The zero-order valence-corrected chi connectivity index (χ0v) is 15.1. The molecule has 0 amide bonds. The molecule has 3 aromatic heterocycles. The van der Waals surface area contributed by atoms with Crippen LogP contribution in [0.25, 0.3) is 11.4 Å². The molecule has 0 bridgehead atoms. The second kappa shape index (κ2) is 6.05. The molecule has 1 saturated carbocycles. The summed E-state index contributed by atoms with van der Waals surface area (Å²) in [6, 6.07) is 5.59. The zero-order chi connectivity index (χ0) is 18.4. The molecular formula is C18H22N8. The molecule has 8 nitrogen and oxygen atoms in total. The van der Waals surface area contributed by atoms with Crippen molar-refractivity contribution >= 4 is 5.84 Å². The lowest BCUT2D eigenvalue weighted by atomic mass is 10.1. The number of nitrogens with one attached hydrogen (secondary N) is 2. The maximum Gasteiger partial charge on any atom is 0.148 e. The van der Waals surface area contributed by atoms with Gasteiger partial charge in [-0.3, -0.25) is 20.2 Å². The molecule has 1 aliphatic rings. The Morgan fingerprint density at radius 1 is 1.27 bits per heavy atom. The Kier molecular flexibility index (Phi) is 3.82. The smallest absolute Gasteiger partial charge is 0.148 e. The van der Waals surface area contributed by atoms with E-state index in [-0.39, 0.29) is 11.3 Å². The number of aromatic nitrogens is 6.